The number of H-pyrrole nitrogens is 1. The normalized spacial score (nSPS) is 10.5. The van der Waals surface area contributed by atoms with Crippen molar-refractivity contribution in [1.29, 1.82) is 0 Å². The van der Waals surface area contributed by atoms with Gasteiger partial charge < -0.3 is 0 Å². The van der Waals surface area contributed by atoms with E-state index in [4.69, 9.17) is 0 Å². The minimum absolute atomic E-state index is 0.891. The summed E-state index contributed by atoms with van der Waals surface area (Å²) in [5, 5.41) is 9.76. The predicted octanol–water partition coefficient (Wildman–Crippen LogP) is 2.60. The van der Waals surface area contributed by atoms with Crippen molar-refractivity contribution in [1.82, 2.24) is 20.2 Å². The lowest BCUT2D eigenvalue weighted by Gasteiger charge is -2.02. The van der Waals surface area contributed by atoms with Crippen molar-refractivity contribution in [2.75, 3.05) is 0 Å². The molecular formula is C11H8N4S. The maximum atomic E-state index is 4.38. The lowest BCUT2D eigenvalue weighted by molar-refractivity contribution is 1.09. The second-order valence-corrected chi connectivity index (χ2v) is 4.10. The maximum absolute atomic E-state index is 4.38. The summed E-state index contributed by atoms with van der Waals surface area (Å²) in [6.07, 6.45) is 5.29. The molecule has 0 aliphatic rings. The van der Waals surface area contributed by atoms with E-state index in [1.165, 1.54) is 0 Å². The molecule has 5 heteroatoms. The van der Waals surface area contributed by atoms with Crippen LogP contribution in [0.3, 0.4) is 0 Å². The molecule has 4 nitrogen and oxygen atoms in total. The van der Waals surface area contributed by atoms with Crippen molar-refractivity contribution in [3.05, 3.63) is 42.2 Å². The summed E-state index contributed by atoms with van der Waals surface area (Å²) in [6.45, 7) is 0. The van der Waals surface area contributed by atoms with Gasteiger partial charge in [-0.15, -0.1) is 11.3 Å². The van der Waals surface area contributed by atoms with Crippen LogP contribution in [0.4, 0.5) is 0 Å². The topological polar surface area (TPSA) is 54.5 Å². The highest BCUT2D eigenvalue weighted by Gasteiger charge is 2.10. The van der Waals surface area contributed by atoms with Crippen LogP contribution in [0.1, 0.15) is 0 Å². The summed E-state index contributed by atoms with van der Waals surface area (Å²) in [6, 6.07) is 5.85. The molecule has 3 rings (SSSR count). The summed E-state index contributed by atoms with van der Waals surface area (Å²) in [4.78, 5) is 8.66. The van der Waals surface area contributed by atoms with Crippen molar-refractivity contribution >= 4 is 11.3 Å². The van der Waals surface area contributed by atoms with Crippen molar-refractivity contribution < 1.29 is 0 Å². The molecule has 0 aromatic carbocycles. The number of nitrogens with zero attached hydrogens (tertiary/aromatic N) is 3. The molecule has 1 N–H and O–H groups in total. The highest BCUT2D eigenvalue weighted by Crippen LogP contribution is 2.29. The molecule has 0 aliphatic heterocycles. The Morgan fingerprint density at radius 3 is 2.81 bits per heavy atom. The van der Waals surface area contributed by atoms with Gasteiger partial charge in [-0.1, -0.05) is 0 Å². The molecule has 0 spiro atoms. The zero-order chi connectivity index (χ0) is 10.8. The molecule has 0 radical (unpaired) electrons. The van der Waals surface area contributed by atoms with E-state index in [1.807, 2.05) is 23.6 Å². The Hall–Kier alpha value is -2.01. The van der Waals surface area contributed by atoms with Crippen LogP contribution in [-0.4, -0.2) is 20.2 Å². The Morgan fingerprint density at radius 2 is 2.06 bits per heavy atom. The van der Waals surface area contributed by atoms with Gasteiger partial charge in [-0.3, -0.25) is 10.1 Å². The molecule has 3 aromatic rings. The third-order valence-corrected chi connectivity index (χ3v) is 3.01. The second-order valence-electron chi connectivity index (χ2n) is 3.21. The first-order valence-electron chi connectivity index (χ1n) is 4.80. The quantitative estimate of drug-likeness (QED) is 0.733. The average molecular weight is 228 g/mol. The van der Waals surface area contributed by atoms with Crippen LogP contribution in [0.5, 0.6) is 0 Å². The summed E-state index contributed by atoms with van der Waals surface area (Å²) in [7, 11) is 0. The molecule has 0 bridgehead atoms. The molecule has 0 unspecified atom stereocenters. The van der Waals surface area contributed by atoms with Crippen molar-refractivity contribution in [3.63, 3.8) is 0 Å². The summed E-state index contributed by atoms with van der Waals surface area (Å²) >= 11 is 1.58. The lowest BCUT2D eigenvalue weighted by atomic mass is 10.1. The van der Waals surface area contributed by atoms with E-state index in [-0.39, 0.29) is 0 Å². The van der Waals surface area contributed by atoms with Crippen molar-refractivity contribution in [2.24, 2.45) is 0 Å². The number of nitrogens with one attached hydrogen (secondary N) is 1. The fourth-order valence-electron chi connectivity index (χ4n) is 1.54. The molecule has 0 atom stereocenters. The third-order valence-electron chi connectivity index (χ3n) is 2.23. The summed E-state index contributed by atoms with van der Waals surface area (Å²) in [5.74, 6) is 0. The number of aromatic nitrogens is 4. The van der Waals surface area contributed by atoms with Gasteiger partial charge in [0.1, 0.15) is 10.7 Å². The molecule has 0 saturated carbocycles. The Morgan fingerprint density at radius 1 is 1.06 bits per heavy atom. The summed E-state index contributed by atoms with van der Waals surface area (Å²) < 4.78 is 0. The molecule has 0 aliphatic carbocycles. The monoisotopic (exact) mass is 228 g/mol. The van der Waals surface area contributed by atoms with Crippen LogP contribution >= 0.6 is 11.3 Å². The molecule has 3 heterocycles. The maximum Gasteiger partial charge on any atom is 0.142 e. The molecule has 16 heavy (non-hydrogen) atoms. The standard InChI is InChI=1S/C11H8N4S/c1-2-8(9-3-5-14-15-9)10(12-4-1)11-13-6-7-16-11/h1-7H,(H,14,15). The van der Waals surface area contributed by atoms with Gasteiger partial charge in [-0.25, -0.2) is 4.98 Å². The fourth-order valence-corrected chi connectivity index (χ4v) is 2.19. The second kappa shape index (κ2) is 3.86. The van der Waals surface area contributed by atoms with Gasteiger partial charge in [0.25, 0.3) is 0 Å². The number of rotatable bonds is 2. The van der Waals surface area contributed by atoms with Gasteiger partial charge in [-0.2, -0.15) is 5.10 Å². The van der Waals surface area contributed by atoms with Gasteiger partial charge in [0.15, 0.2) is 0 Å². The number of aromatic amines is 1. The first kappa shape index (κ1) is 9.23. The lowest BCUT2D eigenvalue weighted by Crippen LogP contribution is -1.88. The van der Waals surface area contributed by atoms with E-state index < -0.39 is 0 Å². The Balaban J connectivity index is 2.19. The molecular weight excluding hydrogens is 220 g/mol. The van der Waals surface area contributed by atoms with Crippen LogP contribution < -0.4 is 0 Å². The number of thiazole rings is 1. The van der Waals surface area contributed by atoms with E-state index in [1.54, 1.807) is 29.9 Å². The van der Waals surface area contributed by atoms with Crippen LogP contribution in [-0.2, 0) is 0 Å². The van der Waals surface area contributed by atoms with Gasteiger partial charge in [0.2, 0.25) is 0 Å². The molecule has 0 saturated heterocycles. The van der Waals surface area contributed by atoms with Gasteiger partial charge in [-0.05, 0) is 18.2 Å². The first-order chi connectivity index (χ1) is 7.95. The Labute approximate surface area is 96.0 Å². The van der Waals surface area contributed by atoms with Crippen LogP contribution in [0.2, 0.25) is 0 Å². The third kappa shape index (κ3) is 1.51. The van der Waals surface area contributed by atoms with E-state index in [2.05, 4.69) is 20.2 Å². The highest BCUT2D eigenvalue weighted by atomic mass is 32.1. The van der Waals surface area contributed by atoms with E-state index >= 15 is 0 Å². The Bertz CT molecular complexity index is 519. The van der Waals surface area contributed by atoms with Crippen molar-refractivity contribution in [3.8, 4) is 22.0 Å². The minimum Gasteiger partial charge on any atom is -0.278 e. The SMILES string of the molecule is c1cnc(-c2nccs2)c(-c2ccn[nH]2)c1. The van der Waals surface area contributed by atoms with Crippen LogP contribution in [0.25, 0.3) is 22.0 Å². The van der Waals surface area contributed by atoms with E-state index in [0.717, 1.165) is 22.0 Å². The summed E-state index contributed by atoms with van der Waals surface area (Å²) in [5.41, 5.74) is 2.87. The molecule has 78 valence electrons. The van der Waals surface area contributed by atoms with E-state index in [0.29, 0.717) is 0 Å². The zero-order valence-corrected chi connectivity index (χ0v) is 9.11. The van der Waals surface area contributed by atoms with E-state index in [9.17, 15) is 0 Å². The largest absolute Gasteiger partial charge is 0.278 e. The zero-order valence-electron chi connectivity index (χ0n) is 8.29. The van der Waals surface area contributed by atoms with Crippen molar-refractivity contribution in [2.45, 2.75) is 0 Å². The number of hydrogen-bond acceptors (Lipinski definition) is 4. The molecule has 0 fully saturated rings. The van der Waals surface area contributed by atoms with Gasteiger partial charge >= 0.3 is 0 Å². The molecule has 0 amide bonds. The average Bonchev–Trinajstić information content (AvgIpc) is 3.03. The smallest absolute Gasteiger partial charge is 0.142 e. The number of hydrogen-bond donors (Lipinski definition) is 1. The van der Waals surface area contributed by atoms with Gasteiger partial charge in [0, 0.05) is 29.5 Å². The van der Waals surface area contributed by atoms with Crippen LogP contribution in [0.15, 0.2) is 42.2 Å². The van der Waals surface area contributed by atoms with Crippen LogP contribution in [0, 0.1) is 0 Å². The minimum atomic E-state index is 0.891. The fraction of sp³-hybridized carbons (Fsp3) is 0. The Kier molecular flexibility index (Phi) is 2.23. The van der Waals surface area contributed by atoms with Gasteiger partial charge in [0.05, 0.1) is 5.69 Å². The predicted molar refractivity (Wildman–Crippen MR) is 62.9 cm³/mol. The highest BCUT2D eigenvalue weighted by molar-refractivity contribution is 7.13. The number of pyridine rings is 1. The molecule has 3 aromatic heterocycles. The first-order valence-corrected chi connectivity index (χ1v) is 5.68.